The molecule has 0 N–H and O–H groups in total. The number of carbonyl (C=O) groups excluding carboxylic acids is 1. The van der Waals surface area contributed by atoms with Crippen LogP contribution in [-0.2, 0) is 16.1 Å². The number of nitrogens with zero attached hydrogens (tertiary/aromatic N) is 2. The summed E-state index contributed by atoms with van der Waals surface area (Å²) in [6.07, 6.45) is 1.80. The molecule has 2 heterocycles. The molecule has 1 aliphatic rings. The highest BCUT2D eigenvalue weighted by Crippen LogP contribution is 2.31. The van der Waals surface area contributed by atoms with Crippen molar-refractivity contribution in [1.29, 1.82) is 0 Å². The Hall–Kier alpha value is -4.43. The van der Waals surface area contributed by atoms with Crippen molar-refractivity contribution in [2.45, 2.75) is 26.5 Å². The largest absolute Gasteiger partial charge is 0.493 e. The van der Waals surface area contributed by atoms with E-state index < -0.39 is 12.0 Å². The first kappa shape index (κ1) is 26.2. The second-order valence-electron chi connectivity index (χ2n) is 8.90. The Labute approximate surface area is 229 Å². The number of benzene rings is 3. The molecule has 0 saturated carbocycles. The first-order valence-corrected chi connectivity index (χ1v) is 13.4. The summed E-state index contributed by atoms with van der Waals surface area (Å²) < 4.78 is 19.0. The molecule has 1 aromatic heterocycles. The van der Waals surface area contributed by atoms with Crippen LogP contribution in [0.25, 0.3) is 6.08 Å². The van der Waals surface area contributed by atoms with Crippen LogP contribution < -0.4 is 24.4 Å². The summed E-state index contributed by atoms with van der Waals surface area (Å²) in [7, 11) is 1.59. The molecule has 0 saturated heterocycles. The van der Waals surface area contributed by atoms with Gasteiger partial charge in [0.2, 0.25) is 0 Å². The summed E-state index contributed by atoms with van der Waals surface area (Å²) in [6, 6.07) is 24.3. The van der Waals surface area contributed by atoms with Gasteiger partial charge in [0.05, 0.1) is 35.6 Å². The second kappa shape index (κ2) is 11.5. The van der Waals surface area contributed by atoms with Crippen molar-refractivity contribution in [3.8, 4) is 11.5 Å². The average Bonchev–Trinajstić information content (AvgIpc) is 3.26. The lowest BCUT2D eigenvalue weighted by Gasteiger charge is -2.24. The molecular weight excluding hydrogens is 512 g/mol. The van der Waals surface area contributed by atoms with Crippen LogP contribution in [0.4, 0.5) is 0 Å². The van der Waals surface area contributed by atoms with E-state index in [1.54, 1.807) is 31.6 Å². The lowest BCUT2D eigenvalue weighted by molar-refractivity contribution is -0.139. The maximum atomic E-state index is 13.8. The van der Waals surface area contributed by atoms with Crippen LogP contribution in [0.3, 0.4) is 0 Å². The van der Waals surface area contributed by atoms with Crippen molar-refractivity contribution in [2.24, 2.45) is 4.99 Å². The molecule has 0 aliphatic carbocycles. The molecule has 0 radical (unpaired) electrons. The molecule has 0 amide bonds. The molecule has 0 unspecified atom stereocenters. The van der Waals surface area contributed by atoms with Gasteiger partial charge in [-0.3, -0.25) is 9.36 Å². The van der Waals surface area contributed by atoms with E-state index in [9.17, 15) is 9.59 Å². The number of esters is 1. The fraction of sp³-hybridized carbons (Fsp3) is 0.194. The third kappa shape index (κ3) is 5.42. The maximum absolute atomic E-state index is 13.8. The molecule has 5 rings (SSSR count). The van der Waals surface area contributed by atoms with Gasteiger partial charge in [0.15, 0.2) is 16.3 Å². The van der Waals surface area contributed by atoms with Crippen molar-refractivity contribution in [3.63, 3.8) is 0 Å². The van der Waals surface area contributed by atoms with Gasteiger partial charge in [0.1, 0.15) is 6.61 Å². The van der Waals surface area contributed by atoms with Gasteiger partial charge in [-0.25, -0.2) is 9.79 Å². The second-order valence-corrected chi connectivity index (χ2v) is 9.91. The zero-order chi connectivity index (χ0) is 27.4. The summed E-state index contributed by atoms with van der Waals surface area (Å²) in [5, 5.41) is 0. The van der Waals surface area contributed by atoms with Crippen LogP contribution in [0.5, 0.6) is 11.5 Å². The molecule has 8 heteroatoms. The molecule has 7 nitrogen and oxygen atoms in total. The number of carbonyl (C=O) groups is 1. The number of aromatic nitrogens is 1. The number of thiazole rings is 1. The predicted molar refractivity (Wildman–Crippen MR) is 151 cm³/mol. The van der Waals surface area contributed by atoms with E-state index in [1.165, 1.54) is 11.3 Å². The Kier molecular flexibility index (Phi) is 7.74. The van der Waals surface area contributed by atoms with Gasteiger partial charge in [0.25, 0.3) is 5.56 Å². The third-order valence-electron chi connectivity index (χ3n) is 6.35. The van der Waals surface area contributed by atoms with Gasteiger partial charge in [-0.15, -0.1) is 0 Å². The summed E-state index contributed by atoms with van der Waals surface area (Å²) in [6.45, 7) is 4.18. The molecule has 0 spiro atoms. The molecule has 1 atom stereocenters. The minimum absolute atomic E-state index is 0.231. The Morgan fingerprint density at radius 1 is 1.03 bits per heavy atom. The quantitative estimate of drug-likeness (QED) is 0.310. The topological polar surface area (TPSA) is 79.1 Å². The lowest BCUT2D eigenvalue weighted by Crippen LogP contribution is -2.39. The highest BCUT2D eigenvalue weighted by atomic mass is 32.1. The standard InChI is InChI=1S/C31H28N2O5S/c1-4-37-30(35)27-20(2)32-31-33(28(27)23-13-9-6-10-14-23)29(34)26(39-31)18-22-15-16-24(25(17-22)36-3)38-19-21-11-7-5-8-12-21/h5-18,28H,4,19H2,1-3H3/b26-18+/t28-/m1/s1. The van der Waals surface area contributed by atoms with E-state index in [-0.39, 0.29) is 12.2 Å². The number of fused-ring (bicyclic) bond motifs is 1. The molecule has 1 aliphatic heterocycles. The lowest BCUT2D eigenvalue weighted by atomic mass is 9.96. The average molecular weight is 541 g/mol. The van der Waals surface area contributed by atoms with Crippen LogP contribution in [0.2, 0.25) is 0 Å². The van der Waals surface area contributed by atoms with E-state index in [4.69, 9.17) is 14.2 Å². The Bertz CT molecular complexity index is 1710. The zero-order valence-corrected chi connectivity index (χ0v) is 22.7. The Morgan fingerprint density at radius 3 is 2.44 bits per heavy atom. The van der Waals surface area contributed by atoms with E-state index in [0.29, 0.717) is 38.7 Å². The number of rotatable bonds is 8. The van der Waals surface area contributed by atoms with E-state index in [0.717, 1.165) is 16.7 Å². The van der Waals surface area contributed by atoms with E-state index in [2.05, 4.69) is 4.99 Å². The molecule has 0 fully saturated rings. The van der Waals surface area contributed by atoms with Crippen LogP contribution in [-0.4, -0.2) is 24.3 Å². The number of methoxy groups -OCH3 is 1. The summed E-state index contributed by atoms with van der Waals surface area (Å²) in [5.74, 6) is 0.700. The minimum Gasteiger partial charge on any atom is -0.493 e. The highest BCUT2D eigenvalue weighted by molar-refractivity contribution is 7.07. The normalized spacial score (nSPS) is 14.9. The molecule has 39 heavy (non-hydrogen) atoms. The minimum atomic E-state index is -0.632. The first-order valence-electron chi connectivity index (χ1n) is 12.6. The van der Waals surface area contributed by atoms with Crippen molar-refractivity contribution in [1.82, 2.24) is 4.57 Å². The maximum Gasteiger partial charge on any atom is 0.338 e. The number of hydrogen-bond donors (Lipinski definition) is 0. The van der Waals surface area contributed by atoms with E-state index in [1.807, 2.05) is 78.9 Å². The van der Waals surface area contributed by atoms with E-state index >= 15 is 0 Å². The van der Waals surface area contributed by atoms with Crippen molar-refractivity contribution < 1.29 is 19.0 Å². The molecular formula is C31H28N2O5S. The highest BCUT2D eigenvalue weighted by Gasteiger charge is 2.33. The van der Waals surface area contributed by atoms with Gasteiger partial charge in [-0.05, 0) is 48.7 Å². The van der Waals surface area contributed by atoms with Gasteiger partial charge in [-0.2, -0.15) is 0 Å². The SMILES string of the molecule is CCOC(=O)C1=C(C)N=c2s/c(=C/c3ccc(OCc4ccccc4)c(OC)c3)c(=O)n2[C@@H]1c1ccccc1. The number of allylic oxidation sites excluding steroid dienone is 1. The molecule has 4 aromatic rings. The van der Waals surface area contributed by atoms with Crippen molar-refractivity contribution in [3.05, 3.63) is 127 Å². The molecule has 198 valence electrons. The summed E-state index contributed by atoms with van der Waals surface area (Å²) in [4.78, 5) is 31.9. The molecule has 0 bridgehead atoms. The van der Waals surface area contributed by atoms with Gasteiger partial charge in [0, 0.05) is 0 Å². The zero-order valence-electron chi connectivity index (χ0n) is 21.9. The van der Waals surface area contributed by atoms with Gasteiger partial charge >= 0.3 is 5.97 Å². The van der Waals surface area contributed by atoms with Gasteiger partial charge in [-0.1, -0.05) is 78.1 Å². The smallest absolute Gasteiger partial charge is 0.338 e. The fourth-order valence-electron chi connectivity index (χ4n) is 4.52. The van der Waals surface area contributed by atoms with Crippen molar-refractivity contribution in [2.75, 3.05) is 13.7 Å². The van der Waals surface area contributed by atoms with Crippen LogP contribution >= 0.6 is 11.3 Å². The summed E-state index contributed by atoms with van der Waals surface area (Å²) in [5.41, 5.74) is 3.31. The summed E-state index contributed by atoms with van der Waals surface area (Å²) >= 11 is 1.28. The fourth-order valence-corrected chi connectivity index (χ4v) is 5.57. The number of hydrogen-bond acceptors (Lipinski definition) is 7. The van der Waals surface area contributed by atoms with Gasteiger partial charge < -0.3 is 14.2 Å². The predicted octanol–water partition coefficient (Wildman–Crippen LogP) is 4.39. The molecule has 3 aromatic carbocycles. The number of ether oxygens (including phenoxy) is 3. The van der Waals surface area contributed by atoms with Crippen LogP contribution in [0.1, 0.15) is 36.6 Å². The Morgan fingerprint density at radius 2 is 1.74 bits per heavy atom. The monoisotopic (exact) mass is 540 g/mol. The van der Waals surface area contributed by atoms with Crippen LogP contribution in [0.15, 0.2) is 99.9 Å². The van der Waals surface area contributed by atoms with Crippen LogP contribution in [0, 0.1) is 0 Å². The first-order chi connectivity index (χ1) is 19.0. The third-order valence-corrected chi connectivity index (χ3v) is 7.34. The van der Waals surface area contributed by atoms with Crippen molar-refractivity contribution >= 4 is 23.4 Å². The Balaban J connectivity index is 1.54.